The second-order valence-corrected chi connectivity index (χ2v) is 6.70. The average Bonchev–Trinajstić information content (AvgIpc) is 3.02. The number of halogens is 1. The van der Waals surface area contributed by atoms with E-state index in [1.54, 1.807) is 6.07 Å². The lowest BCUT2D eigenvalue weighted by atomic mass is 9.90. The summed E-state index contributed by atoms with van der Waals surface area (Å²) in [6.07, 6.45) is 3.66. The minimum atomic E-state index is -0.243. The molecule has 3 heterocycles. The number of piperidine rings is 1. The number of nitrogens with zero attached hydrogens (tertiary/aromatic N) is 3. The number of hydrogen-bond donors (Lipinski definition) is 2. The van der Waals surface area contributed by atoms with E-state index < -0.39 is 0 Å². The summed E-state index contributed by atoms with van der Waals surface area (Å²) in [5.41, 5.74) is 9.64. The standard InChI is InChI=1S/C19H22FN5/c1-2-25-7-3-4-13(11-25)15-9-17(23-24-19(15)21)12-5-6-14-16(20)10-22-18(14)8-12/h5-6,8-10,13,22H,2-4,7,11H2,1H3,(H2,21,24)/t13-/m0/s1. The smallest absolute Gasteiger partial charge is 0.149 e. The highest BCUT2D eigenvalue weighted by Crippen LogP contribution is 2.32. The number of benzene rings is 1. The van der Waals surface area contributed by atoms with E-state index >= 15 is 0 Å². The first kappa shape index (κ1) is 16.0. The van der Waals surface area contributed by atoms with Gasteiger partial charge >= 0.3 is 0 Å². The van der Waals surface area contributed by atoms with Crippen molar-refractivity contribution in [3.8, 4) is 11.3 Å². The summed E-state index contributed by atoms with van der Waals surface area (Å²) >= 11 is 0. The maximum Gasteiger partial charge on any atom is 0.149 e. The van der Waals surface area contributed by atoms with Crippen LogP contribution >= 0.6 is 0 Å². The van der Waals surface area contributed by atoms with E-state index in [0.717, 1.165) is 48.4 Å². The molecule has 1 aliphatic heterocycles. The van der Waals surface area contributed by atoms with Crippen molar-refractivity contribution in [1.82, 2.24) is 20.1 Å². The Morgan fingerprint density at radius 2 is 2.20 bits per heavy atom. The molecule has 4 rings (SSSR count). The molecule has 1 aromatic carbocycles. The van der Waals surface area contributed by atoms with Crippen LogP contribution in [0, 0.1) is 5.82 Å². The predicted molar refractivity (Wildman–Crippen MR) is 97.8 cm³/mol. The molecule has 1 saturated heterocycles. The number of nitrogen functional groups attached to an aromatic ring is 1. The van der Waals surface area contributed by atoms with Crippen molar-refractivity contribution in [1.29, 1.82) is 0 Å². The van der Waals surface area contributed by atoms with Crippen LogP contribution in [-0.4, -0.2) is 39.7 Å². The van der Waals surface area contributed by atoms with E-state index in [1.807, 2.05) is 18.2 Å². The normalized spacial score (nSPS) is 18.7. The van der Waals surface area contributed by atoms with E-state index in [-0.39, 0.29) is 5.82 Å². The molecule has 6 heteroatoms. The Kier molecular flexibility index (Phi) is 4.13. The molecule has 0 amide bonds. The van der Waals surface area contributed by atoms with Crippen LogP contribution in [0.2, 0.25) is 0 Å². The Morgan fingerprint density at radius 3 is 3.04 bits per heavy atom. The van der Waals surface area contributed by atoms with Crippen LogP contribution in [0.4, 0.5) is 10.2 Å². The number of likely N-dealkylation sites (N-methyl/N-ethyl adjacent to an activating group) is 1. The van der Waals surface area contributed by atoms with E-state index in [4.69, 9.17) is 5.73 Å². The summed E-state index contributed by atoms with van der Waals surface area (Å²) in [6.45, 7) is 5.39. The third-order valence-electron chi connectivity index (χ3n) is 5.17. The van der Waals surface area contributed by atoms with Gasteiger partial charge in [0, 0.05) is 40.7 Å². The first-order valence-electron chi connectivity index (χ1n) is 8.78. The van der Waals surface area contributed by atoms with Gasteiger partial charge < -0.3 is 15.6 Å². The zero-order valence-corrected chi connectivity index (χ0v) is 14.3. The van der Waals surface area contributed by atoms with Crippen LogP contribution in [0.5, 0.6) is 0 Å². The maximum atomic E-state index is 13.6. The zero-order valence-electron chi connectivity index (χ0n) is 14.3. The quantitative estimate of drug-likeness (QED) is 0.765. The molecule has 0 saturated carbocycles. The Morgan fingerprint density at radius 1 is 1.32 bits per heavy atom. The fourth-order valence-corrected chi connectivity index (χ4v) is 3.73. The molecule has 0 spiro atoms. The van der Waals surface area contributed by atoms with E-state index in [0.29, 0.717) is 17.1 Å². The minimum absolute atomic E-state index is 0.243. The molecule has 3 aromatic rings. The Labute approximate surface area is 146 Å². The average molecular weight is 339 g/mol. The second-order valence-electron chi connectivity index (χ2n) is 6.70. The lowest BCUT2D eigenvalue weighted by Gasteiger charge is -2.32. The van der Waals surface area contributed by atoms with Crippen molar-refractivity contribution in [2.24, 2.45) is 0 Å². The van der Waals surface area contributed by atoms with Crippen LogP contribution in [0.1, 0.15) is 31.2 Å². The van der Waals surface area contributed by atoms with E-state index in [9.17, 15) is 4.39 Å². The van der Waals surface area contributed by atoms with Gasteiger partial charge in [0.2, 0.25) is 0 Å². The molecular weight excluding hydrogens is 317 g/mol. The van der Waals surface area contributed by atoms with E-state index in [2.05, 4.69) is 27.0 Å². The molecule has 3 N–H and O–H groups in total. The first-order valence-corrected chi connectivity index (χ1v) is 8.78. The molecular formula is C19H22FN5. The molecule has 1 atom stereocenters. The highest BCUT2D eigenvalue weighted by molar-refractivity contribution is 5.84. The molecule has 25 heavy (non-hydrogen) atoms. The van der Waals surface area contributed by atoms with Crippen LogP contribution in [-0.2, 0) is 0 Å². The van der Waals surface area contributed by atoms with Crippen LogP contribution in [0.3, 0.4) is 0 Å². The molecule has 2 aromatic heterocycles. The van der Waals surface area contributed by atoms with Crippen molar-refractivity contribution in [2.75, 3.05) is 25.4 Å². The first-order chi connectivity index (χ1) is 12.2. The topological polar surface area (TPSA) is 70.8 Å². The largest absolute Gasteiger partial charge is 0.382 e. The van der Waals surface area contributed by atoms with Gasteiger partial charge in [0.25, 0.3) is 0 Å². The van der Waals surface area contributed by atoms with Gasteiger partial charge in [0.1, 0.15) is 11.6 Å². The lowest BCUT2D eigenvalue weighted by Crippen LogP contribution is -2.34. The molecule has 0 radical (unpaired) electrons. The number of aromatic amines is 1. The molecule has 1 aliphatic rings. The highest BCUT2D eigenvalue weighted by Gasteiger charge is 2.23. The SMILES string of the molecule is CCN1CCC[C@H](c2cc(-c3ccc4c(F)c[nH]c4c3)nnc2N)C1. The van der Waals surface area contributed by atoms with E-state index in [1.165, 1.54) is 12.6 Å². The zero-order chi connectivity index (χ0) is 17.4. The van der Waals surface area contributed by atoms with Crippen molar-refractivity contribution in [3.05, 3.63) is 41.8 Å². The van der Waals surface area contributed by atoms with Crippen LogP contribution < -0.4 is 5.73 Å². The Hall–Kier alpha value is -2.47. The molecule has 5 nitrogen and oxygen atoms in total. The molecule has 130 valence electrons. The predicted octanol–water partition coefficient (Wildman–Crippen LogP) is 3.55. The summed E-state index contributed by atoms with van der Waals surface area (Å²) in [6, 6.07) is 7.60. The Balaban J connectivity index is 1.70. The minimum Gasteiger partial charge on any atom is -0.382 e. The van der Waals surface area contributed by atoms with Gasteiger partial charge in [-0.1, -0.05) is 13.0 Å². The number of hydrogen-bond acceptors (Lipinski definition) is 4. The third kappa shape index (κ3) is 2.98. The molecule has 1 fully saturated rings. The summed E-state index contributed by atoms with van der Waals surface area (Å²) in [7, 11) is 0. The molecule has 0 aliphatic carbocycles. The fourth-order valence-electron chi connectivity index (χ4n) is 3.73. The molecule has 0 bridgehead atoms. The van der Waals surface area contributed by atoms with Gasteiger partial charge in [-0.15, -0.1) is 10.2 Å². The van der Waals surface area contributed by atoms with Gasteiger partial charge in [0.05, 0.1) is 5.69 Å². The number of rotatable bonds is 3. The van der Waals surface area contributed by atoms with Crippen LogP contribution in [0.25, 0.3) is 22.2 Å². The second kappa shape index (κ2) is 6.44. The lowest BCUT2D eigenvalue weighted by molar-refractivity contribution is 0.218. The van der Waals surface area contributed by atoms with Crippen LogP contribution in [0.15, 0.2) is 30.5 Å². The van der Waals surface area contributed by atoms with Gasteiger partial charge in [-0.3, -0.25) is 0 Å². The van der Waals surface area contributed by atoms with Gasteiger partial charge in [-0.2, -0.15) is 0 Å². The highest BCUT2D eigenvalue weighted by atomic mass is 19.1. The number of likely N-dealkylation sites (tertiary alicyclic amines) is 1. The van der Waals surface area contributed by atoms with Crippen molar-refractivity contribution in [3.63, 3.8) is 0 Å². The number of fused-ring (bicyclic) bond motifs is 1. The summed E-state index contributed by atoms with van der Waals surface area (Å²) in [5, 5.41) is 9.03. The number of aromatic nitrogens is 3. The maximum absolute atomic E-state index is 13.6. The summed E-state index contributed by atoms with van der Waals surface area (Å²) in [5.74, 6) is 0.654. The van der Waals surface area contributed by atoms with Crippen molar-refractivity contribution < 1.29 is 4.39 Å². The van der Waals surface area contributed by atoms with Gasteiger partial charge in [0.15, 0.2) is 0 Å². The summed E-state index contributed by atoms with van der Waals surface area (Å²) in [4.78, 5) is 5.39. The fraction of sp³-hybridized carbons (Fsp3) is 0.368. The third-order valence-corrected chi connectivity index (χ3v) is 5.17. The number of anilines is 1. The molecule has 0 unspecified atom stereocenters. The summed E-state index contributed by atoms with van der Waals surface area (Å²) < 4.78 is 13.6. The van der Waals surface area contributed by atoms with Crippen molar-refractivity contribution in [2.45, 2.75) is 25.7 Å². The number of nitrogens with one attached hydrogen (secondary N) is 1. The number of nitrogens with two attached hydrogens (primary N) is 1. The van der Waals surface area contributed by atoms with Gasteiger partial charge in [-0.25, -0.2) is 4.39 Å². The van der Waals surface area contributed by atoms with Crippen molar-refractivity contribution >= 4 is 16.7 Å². The Bertz CT molecular complexity index is 904. The van der Waals surface area contributed by atoms with Gasteiger partial charge in [-0.05, 0) is 44.1 Å². The monoisotopic (exact) mass is 339 g/mol. The number of H-pyrrole nitrogens is 1.